The molecule has 3 heterocycles. The van der Waals surface area contributed by atoms with E-state index in [1.165, 1.54) is 0 Å². The second-order valence-corrected chi connectivity index (χ2v) is 5.60. The summed E-state index contributed by atoms with van der Waals surface area (Å²) >= 11 is 0. The molecule has 1 aromatic rings. The third-order valence-corrected chi connectivity index (χ3v) is 4.61. The average Bonchev–Trinajstić information content (AvgIpc) is 2.51. The molecule has 0 N–H and O–H groups in total. The summed E-state index contributed by atoms with van der Waals surface area (Å²) in [5.41, 5.74) is 0.214. The molecule has 1 aromatic heterocycles. The van der Waals surface area contributed by atoms with Crippen molar-refractivity contribution in [2.24, 2.45) is 0 Å². The largest absolute Gasteiger partial charge is 0.481 e. The fourth-order valence-corrected chi connectivity index (χ4v) is 3.10. The second-order valence-electron chi connectivity index (χ2n) is 5.60. The Balaban J connectivity index is 1.68. The van der Waals surface area contributed by atoms with Crippen LogP contribution in [0.2, 0.25) is 0 Å². The summed E-state index contributed by atoms with van der Waals surface area (Å²) in [6.07, 6.45) is 3.78. The maximum absolute atomic E-state index is 5.70. The van der Waals surface area contributed by atoms with Gasteiger partial charge in [-0.3, -0.25) is 4.90 Å². The zero-order chi connectivity index (χ0) is 14.0. The van der Waals surface area contributed by atoms with E-state index in [1.54, 1.807) is 13.4 Å². The molecule has 3 rings (SSSR count). The van der Waals surface area contributed by atoms with E-state index in [-0.39, 0.29) is 5.54 Å². The van der Waals surface area contributed by atoms with E-state index in [0.717, 1.165) is 51.5 Å². The topological polar surface area (TPSA) is 50.7 Å². The van der Waals surface area contributed by atoms with Gasteiger partial charge in [-0.15, -0.1) is 0 Å². The number of nitrogens with zero attached hydrogens (tertiary/aromatic N) is 4. The van der Waals surface area contributed by atoms with Gasteiger partial charge in [-0.2, -0.15) is 0 Å². The van der Waals surface area contributed by atoms with Crippen molar-refractivity contribution in [3.63, 3.8) is 0 Å². The summed E-state index contributed by atoms with van der Waals surface area (Å²) in [5, 5.41) is 0. The number of hydrogen-bond acceptors (Lipinski definition) is 6. The molecule has 0 aliphatic carbocycles. The highest BCUT2D eigenvalue weighted by atomic mass is 16.5. The van der Waals surface area contributed by atoms with Crippen LogP contribution in [0, 0.1) is 0 Å². The summed E-state index contributed by atoms with van der Waals surface area (Å²) in [7, 11) is 3.84. The lowest BCUT2D eigenvalue weighted by Crippen LogP contribution is -2.60. The molecule has 2 fully saturated rings. The van der Waals surface area contributed by atoms with Gasteiger partial charge in [0, 0.05) is 31.2 Å². The van der Waals surface area contributed by atoms with Gasteiger partial charge in [0.2, 0.25) is 5.88 Å². The molecule has 0 saturated carbocycles. The SMILES string of the molecule is COc1cc(N2CCC3(CC2)COCCN3C)ncn1. The summed E-state index contributed by atoms with van der Waals surface area (Å²) in [6.45, 7) is 4.72. The molecule has 0 unspecified atom stereocenters. The molecule has 0 amide bonds. The van der Waals surface area contributed by atoms with E-state index in [0.29, 0.717) is 5.88 Å². The minimum atomic E-state index is 0.214. The van der Waals surface area contributed by atoms with Crippen LogP contribution in [0.4, 0.5) is 5.82 Å². The zero-order valence-electron chi connectivity index (χ0n) is 12.2. The Bertz CT molecular complexity index is 460. The number of piperidine rings is 1. The van der Waals surface area contributed by atoms with Crippen LogP contribution in [0.25, 0.3) is 0 Å². The van der Waals surface area contributed by atoms with Gasteiger partial charge in [-0.1, -0.05) is 0 Å². The lowest BCUT2D eigenvalue weighted by Gasteiger charge is -2.49. The number of ether oxygens (including phenoxy) is 2. The van der Waals surface area contributed by atoms with Crippen molar-refractivity contribution in [2.45, 2.75) is 18.4 Å². The highest BCUT2D eigenvalue weighted by molar-refractivity contribution is 5.41. The van der Waals surface area contributed by atoms with E-state index in [9.17, 15) is 0 Å². The first-order valence-corrected chi connectivity index (χ1v) is 7.13. The van der Waals surface area contributed by atoms with Gasteiger partial charge in [0.05, 0.1) is 20.3 Å². The van der Waals surface area contributed by atoms with Crippen molar-refractivity contribution < 1.29 is 9.47 Å². The third kappa shape index (κ3) is 2.45. The number of hydrogen-bond donors (Lipinski definition) is 0. The molecule has 6 heteroatoms. The Kier molecular flexibility index (Phi) is 3.76. The van der Waals surface area contributed by atoms with E-state index in [1.807, 2.05) is 6.07 Å². The third-order valence-electron chi connectivity index (χ3n) is 4.61. The molecule has 110 valence electrons. The number of aromatic nitrogens is 2. The molecule has 2 saturated heterocycles. The Morgan fingerprint density at radius 1 is 1.25 bits per heavy atom. The number of rotatable bonds is 2. The summed E-state index contributed by atoms with van der Waals surface area (Å²) in [6, 6.07) is 1.90. The van der Waals surface area contributed by atoms with Crippen LogP contribution in [0.3, 0.4) is 0 Å². The molecule has 1 spiro atoms. The van der Waals surface area contributed by atoms with Gasteiger partial charge >= 0.3 is 0 Å². The molecule has 6 nitrogen and oxygen atoms in total. The van der Waals surface area contributed by atoms with Gasteiger partial charge < -0.3 is 14.4 Å². The summed E-state index contributed by atoms with van der Waals surface area (Å²) < 4.78 is 10.9. The van der Waals surface area contributed by atoms with Gasteiger partial charge in [0.1, 0.15) is 12.1 Å². The minimum absolute atomic E-state index is 0.214. The molecular formula is C14H22N4O2. The maximum atomic E-state index is 5.70. The molecule has 20 heavy (non-hydrogen) atoms. The lowest BCUT2D eigenvalue weighted by atomic mass is 9.86. The Hall–Kier alpha value is -1.40. The summed E-state index contributed by atoms with van der Waals surface area (Å²) in [4.78, 5) is 13.2. The molecular weight excluding hydrogens is 256 g/mol. The molecule has 0 aromatic carbocycles. The quantitative estimate of drug-likeness (QED) is 0.797. The second kappa shape index (κ2) is 5.54. The molecule has 0 atom stereocenters. The molecule has 2 aliphatic heterocycles. The lowest BCUT2D eigenvalue weighted by molar-refractivity contribution is -0.0669. The monoisotopic (exact) mass is 278 g/mol. The van der Waals surface area contributed by atoms with Crippen molar-refractivity contribution >= 4 is 5.82 Å². The Morgan fingerprint density at radius 2 is 2.05 bits per heavy atom. The van der Waals surface area contributed by atoms with Gasteiger partial charge in [-0.25, -0.2) is 9.97 Å². The first kappa shape index (κ1) is 13.6. The number of likely N-dealkylation sites (N-methyl/N-ethyl adjacent to an activating group) is 1. The van der Waals surface area contributed by atoms with Crippen LogP contribution in [0.15, 0.2) is 12.4 Å². The smallest absolute Gasteiger partial charge is 0.218 e. The highest BCUT2D eigenvalue weighted by Crippen LogP contribution is 2.32. The van der Waals surface area contributed by atoms with Crippen molar-refractivity contribution in [3.05, 3.63) is 12.4 Å². The van der Waals surface area contributed by atoms with Crippen LogP contribution in [0.1, 0.15) is 12.8 Å². The number of methoxy groups -OCH3 is 1. The molecule has 0 radical (unpaired) electrons. The normalized spacial score (nSPS) is 23.0. The van der Waals surface area contributed by atoms with E-state index in [4.69, 9.17) is 9.47 Å². The standard InChI is InChI=1S/C14H22N4O2/c1-17-7-8-20-10-14(17)3-5-18(6-4-14)12-9-13(19-2)16-11-15-12/h9,11H,3-8,10H2,1-2H3. The maximum Gasteiger partial charge on any atom is 0.218 e. The predicted molar refractivity (Wildman–Crippen MR) is 76.2 cm³/mol. The number of morpholine rings is 1. The van der Waals surface area contributed by atoms with Crippen molar-refractivity contribution in [1.82, 2.24) is 14.9 Å². The van der Waals surface area contributed by atoms with Gasteiger partial charge in [-0.05, 0) is 19.9 Å². The van der Waals surface area contributed by atoms with E-state index in [2.05, 4.69) is 26.8 Å². The van der Waals surface area contributed by atoms with Gasteiger partial charge in [0.25, 0.3) is 0 Å². The first-order valence-electron chi connectivity index (χ1n) is 7.13. The molecule has 2 aliphatic rings. The van der Waals surface area contributed by atoms with Crippen LogP contribution < -0.4 is 9.64 Å². The predicted octanol–water partition coefficient (Wildman–Crippen LogP) is 0.786. The van der Waals surface area contributed by atoms with Crippen molar-refractivity contribution in [2.75, 3.05) is 51.9 Å². The first-order chi connectivity index (χ1) is 9.73. The van der Waals surface area contributed by atoms with Gasteiger partial charge in [0.15, 0.2) is 0 Å². The van der Waals surface area contributed by atoms with E-state index >= 15 is 0 Å². The minimum Gasteiger partial charge on any atom is -0.481 e. The summed E-state index contributed by atoms with van der Waals surface area (Å²) in [5.74, 6) is 1.57. The van der Waals surface area contributed by atoms with Crippen molar-refractivity contribution in [1.29, 1.82) is 0 Å². The number of anilines is 1. The van der Waals surface area contributed by atoms with Crippen LogP contribution >= 0.6 is 0 Å². The fourth-order valence-electron chi connectivity index (χ4n) is 3.10. The molecule has 0 bridgehead atoms. The van der Waals surface area contributed by atoms with Crippen molar-refractivity contribution in [3.8, 4) is 5.88 Å². The Morgan fingerprint density at radius 3 is 2.75 bits per heavy atom. The Labute approximate surface area is 119 Å². The van der Waals surface area contributed by atoms with E-state index < -0.39 is 0 Å². The van der Waals surface area contributed by atoms with Crippen LogP contribution in [-0.2, 0) is 4.74 Å². The zero-order valence-corrected chi connectivity index (χ0v) is 12.2. The highest BCUT2D eigenvalue weighted by Gasteiger charge is 2.40. The fraction of sp³-hybridized carbons (Fsp3) is 0.714. The average molecular weight is 278 g/mol. The van der Waals surface area contributed by atoms with Crippen LogP contribution in [0.5, 0.6) is 5.88 Å². The van der Waals surface area contributed by atoms with Crippen LogP contribution in [-0.4, -0.2) is 67.4 Å².